The van der Waals surface area contributed by atoms with Gasteiger partial charge in [-0.2, -0.15) is 4.72 Å². The normalized spacial score (nSPS) is 24.2. The number of rotatable bonds is 3. The number of nitrogens with one attached hydrogen (secondary N) is 3. The summed E-state index contributed by atoms with van der Waals surface area (Å²) >= 11 is 0. The number of para-hydroxylation sites is 1. The van der Waals surface area contributed by atoms with Crippen molar-refractivity contribution in [2.45, 2.75) is 37.1 Å². The smallest absolute Gasteiger partial charge is 0.244 e. The van der Waals surface area contributed by atoms with Crippen molar-refractivity contribution in [1.82, 2.24) is 10.0 Å². The van der Waals surface area contributed by atoms with Crippen LogP contribution in [0.2, 0.25) is 0 Å². The monoisotopic (exact) mass is 365 g/mol. The van der Waals surface area contributed by atoms with Crippen LogP contribution in [0.5, 0.6) is 0 Å². The molecule has 0 aliphatic carbocycles. The highest BCUT2D eigenvalue weighted by molar-refractivity contribution is 7.89. The van der Waals surface area contributed by atoms with Crippen molar-refractivity contribution in [1.29, 1.82) is 0 Å². The molecule has 0 spiro atoms. The molecule has 136 valence electrons. The maximum Gasteiger partial charge on any atom is 0.244 e. The number of hydrogen-bond acceptors (Lipinski definition) is 6. The molecule has 5 N–H and O–H groups in total. The van der Waals surface area contributed by atoms with Gasteiger partial charge in [0.1, 0.15) is 10.9 Å². The Morgan fingerprint density at radius 1 is 1.36 bits per heavy atom. The Labute approximate surface area is 147 Å². The van der Waals surface area contributed by atoms with Crippen LogP contribution < -0.4 is 21.1 Å². The first-order valence-electron chi connectivity index (χ1n) is 8.35. The molecule has 2 heterocycles. The minimum Gasteiger partial charge on any atom is -0.383 e. The van der Waals surface area contributed by atoms with Crippen LogP contribution in [0.3, 0.4) is 0 Å². The van der Waals surface area contributed by atoms with Gasteiger partial charge in [0.05, 0.1) is 5.69 Å². The van der Waals surface area contributed by atoms with Crippen LogP contribution in [0.1, 0.15) is 25.3 Å². The Bertz CT molecular complexity index is 806. The summed E-state index contributed by atoms with van der Waals surface area (Å²) in [5.74, 6) is -0.0328. The lowest BCUT2D eigenvalue weighted by Crippen LogP contribution is -2.51. The van der Waals surface area contributed by atoms with E-state index in [1.165, 1.54) is 0 Å². The number of nitrogens with two attached hydrogens (primary N) is 1. The van der Waals surface area contributed by atoms with Gasteiger partial charge < -0.3 is 11.1 Å². The lowest BCUT2D eigenvalue weighted by atomic mass is 9.96. The van der Waals surface area contributed by atoms with Gasteiger partial charge in [-0.15, -0.1) is 0 Å². The quantitative estimate of drug-likeness (QED) is 0.607. The zero-order valence-electron chi connectivity index (χ0n) is 14.1. The topological polar surface area (TPSA) is 126 Å². The molecule has 0 saturated heterocycles. The Balaban J connectivity index is 1.86. The van der Waals surface area contributed by atoms with Crippen molar-refractivity contribution in [3.63, 3.8) is 0 Å². The number of sulfonamides is 1. The Morgan fingerprint density at radius 3 is 2.96 bits per heavy atom. The average molecular weight is 365 g/mol. The van der Waals surface area contributed by atoms with Gasteiger partial charge in [0, 0.05) is 13.1 Å². The van der Waals surface area contributed by atoms with E-state index in [9.17, 15) is 13.2 Å². The van der Waals surface area contributed by atoms with Gasteiger partial charge in [0.2, 0.25) is 15.9 Å². The molecule has 9 heteroatoms. The third-order valence-corrected chi connectivity index (χ3v) is 5.91. The number of carbonyl (C=O) groups is 1. The number of anilines is 1. The Hall–Kier alpha value is -2.13. The highest BCUT2D eigenvalue weighted by Crippen LogP contribution is 2.31. The lowest BCUT2D eigenvalue weighted by molar-refractivity contribution is -0.121. The van der Waals surface area contributed by atoms with Gasteiger partial charge in [-0.25, -0.2) is 8.42 Å². The minimum atomic E-state index is -3.85. The third-order valence-electron chi connectivity index (χ3n) is 4.40. The van der Waals surface area contributed by atoms with Gasteiger partial charge in [-0.3, -0.25) is 15.1 Å². The molecule has 2 aliphatic heterocycles. The maximum atomic E-state index is 12.9. The standard InChI is InChI=1S/C16H23N5O3S/c1-10-8-11-4-2-6-13(14(11)19-9-10)25(23,24)21-12-5-3-7-18-16(17)20-15(12)22/h2,4,6,10,12,19,21H,3,5,7-9H2,1H3,(H3,17,18,20,22)/t10?,12-/m0/s1. The highest BCUT2D eigenvalue weighted by Gasteiger charge is 2.30. The lowest BCUT2D eigenvalue weighted by Gasteiger charge is -2.26. The van der Waals surface area contributed by atoms with Crippen molar-refractivity contribution in [3.05, 3.63) is 23.8 Å². The zero-order chi connectivity index (χ0) is 18.0. The predicted octanol–water partition coefficient (Wildman–Crippen LogP) is 0.162. The molecule has 1 aromatic rings. The fraction of sp³-hybridized carbons (Fsp3) is 0.500. The van der Waals surface area contributed by atoms with Crippen molar-refractivity contribution in [3.8, 4) is 0 Å². The maximum absolute atomic E-state index is 12.9. The van der Waals surface area contributed by atoms with Crippen LogP contribution in [0.25, 0.3) is 0 Å². The molecule has 0 radical (unpaired) electrons. The summed E-state index contributed by atoms with van der Waals surface area (Å²) in [5, 5.41) is 5.63. The number of carbonyl (C=O) groups excluding carboxylic acids is 1. The summed E-state index contributed by atoms with van der Waals surface area (Å²) in [6.45, 7) is 3.28. The van der Waals surface area contributed by atoms with E-state index in [2.05, 4.69) is 27.3 Å². The second-order valence-corrected chi connectivity index (χ2v) is 8.24. The molecule has 0 saturated carbocycles. The van der Waals surface area contributed by atoms with Gasteiger partial charge in [0.25, 0.3) is 0 Å². The molecule has 0 fully saturated rings. The molecule has 3 rings (SSSR count). The van der Waals surface area contributed by atoms with Gasteiger partial charge >= 0.3 is 0 Å². The molecule has 2 atom stereocenters. The SMILES string of the molecule is CC1CNc2c(cccc2S(=O)(=O)N[C@H]2CCCN=C(N)NC2=O)C1. The van der Waals surface area contributed by atoms with E-state index in [0.717, 1.165) is 18.5 Å². The molecule has 0 bridgehead atoms. The second-order valence-electron chi connectivity index (χ2n) is 6.55. The second kappa shape index (κ2) is 7.01. The summed E-state index contributed by atoms with van der Waals surface area (Å²) in [6, 6.07) is 4.34. The first-order chi connectivity index (χ1) is 11.9. The molecule has 0 aromatic heterocycles. The number of nitrogens with zero attached hydrogens (tertiary/aromatic N) is 1. The largest absolute Gasteiger partial charge is 0.383 e. The van der Waals surface area contributed by atoms with Crippen molar-refractivity contribution in [2.75, 3.05) is 18.4 Å². The van der Waals surface area contributed by atoms with Gasteiger partial charge in [-0.05, 0) is 36.8 Å². The number of hydrogen-bond donors (Lipinski definition) is 4. The summed E-state index contributed by atoms with van der Waals surface area (Å²) < 4.78 is 28.3. The average Bonchev–Trinajstić information content (AvgIpc) is 2.55. The van der Waals surface area contributed by atoms with E-state index >= 15 is 0 Å². The van der Waals surface area contributed by atoms with E-state index in [4.69, 9.17) is 5.73 Å². The molecule has 1 amide bonds. The molecule has 25 heavy (non-hydrogen) atoms. The Morgan fingerprint density at radius 2 is 2.16 bits per heavy atom. The van der Waals surface area contributed by atoms with Crippen LogP contribution in [-0.2, 0) is 21.2 Å². The first kappa shape index (κ1) is 17.7. The van der Waals surface area contributed by atoms with E-state index in [1.54, 1.807) is 12.1 Å². The number of fused-ring (bicyclic) bond motifs is 1. The molecule has 8 nitrogen and oxygen atoms in total. The number of guanidine groups is 1. The highest BCUT2D eigenvalue weighted by atomic mass is 32.2. The summed E-state index contributed by atoms with van der Waals surface area (Å²) in [4.78, 5) is 16.3. The molecular formula is C16H23N5O3S. The number of benzene rings is 1. The fourth-order valence-electron chi connectivity index (χ4n) is 3.14. The Kier molecular flexibility index (Phi) is 4.96. The summed E-state index contributed by atoms with van der Waals surface area (Å²) in [6.07, 6.45) is 1.76. The molecular weight excluding hydrogens is 342 g/mol. The summed E-state index contributed by atoms with van der Waals surface area (Å²) in [5.41, 5.74) is 7.16. The van der Waals surface area contributed by atoms with Crippen molar-refractivity contribution >= 4 is 27.6 Å². The summed E-state index contributed by atoms with van der Waals surface area (Å²) in [7, 11) is -3.85. The van der Waals surface area contributed by atoms with Crippen molar-refractivity contribution in [2.24, 2.45) is 16.6 Å². The van der Waals surface area contributed by atoms with E-state index in [-0.39, 0.29) is 10.9 Å². The van der Waals surface area contributed by atoms with Gasteiger partial charge in [0.15, 0.2) is 5.96 Å². The first-order valence-corrected chi connectivity index (χ1v) is 9.84. The zero-order valence-corrected chi connectivity index (χ0v) is 14.9. The van der Waals surface area contributed by atoms with Crippen LogP contribution in [0, 0.1) is 5.92 Å². The number of amides is 1. The van der Waals surface area contributed by atoms with Gasteiger partial charge in [-0.1, -0.05) is 19.1 Å². The van der Waals surface area contributed by atoms with Crippen LogP contribution in [0.15, 0.2) is 28.1 Å². The molecule has 2 aliphatic rings. The third kappa shape index (κ3) is 3.93. The van der Waals surface area contributed by atoms with Crippen molar-refractivity contribution < 1.29 is 13.2 Å². The molecule has 1 aromatic carbocycles. The number of aliphatic imine (C=N–C) groups is 1. The van der Waals surface area contributed by atoms with Crippen LogP contribution in [-0.4, -0.2) is 39.4 Å². The molecule has 1 unspecified atom stereocenters. The van der Waals surface area contributed by atoms with E-state index < -0.39 is 22.0 Å². The van der Waals surface area contributed by atoms with Crippen LogP contribution >= 0.6 is 0 Å². The van der Waals surface area contributed by atoms with E-state index in [0.29, 0.717) is 31.0 Å². The predicted molar refractivity (Wildman–Crippen MR) is 95.8 cm³/mol. The van der Waals surface area contributed by atoms with E-state index in [1.807, 2.05) is 6.07 Å². The fourth-order valence-corrected chi connectivity index (χ4v) is 4.59. The minimum absolute atomic E-state index is 0.0154. The van der Waals surface area contributed by atoms with Crippen LogP contribution in [0.4, 0.5) is 5.69 Å².